The van der Waals surface area contributed by atoms with E-state index in [-0.39, 0.29) is 5.41 Å². The van der Waals surface area contributed by atoms with Crippen LogP contribution in [-0.4, -0.2) is 0 Å². The minimum Gasteiger partial charge on any atom is -0.456 e. The molecule has 256 valence electrons. The second-order valence-corrected chi connectivity index (χ2v) is 16.0. The number of fused-ring (bicyclic) bond motifs is 9. The molecule has 0 amide bonds. The smallest absolute Gasteiger partial charge is 0.136 e. The Morgan fingerprint density at radius 3 is 1.98 bits per heavy atom. The highest BCUT2D eigenvalue weighted by atomic mass is 32.1. The summed E-state index contributed by atoms with van der Waals surface area (Å²) in [7, 11) is 0. The molecule has 1 aliphatic rings. The molecule has 8 aromatic carbocycles. The van der Waals surface area contributed by atoms with Crippen LogP contribution in [0.5, 0.6) is 0 Å². The van der Waals surface area contributed by atoms with Crippen molar-refractivity contribution in [1.29, 1.82) is 0 Å². The van der Waals surface area contributed by atoms with E-state index in [1.807, 2.05) is 23.5 Å². The van der Waals surface area contributed by atoms with Crippen LogP contribution in [0.4, 0.5) is 17.1 Å². The zero-order valence-electron chi connectivity index (χ0n) is 30.0. The lowest BCUT2D eigenvalue weighted by Gasteiger charge is -2.30. The van der Waals surface area contributed by atoms with Crippen LogP contribution in [0, 0.1) is 0 Å². The van der Waals surface area contributed by atoms with Crippen LogP contribution in [-0.2, 0) is 5.41 Å². The third-order valence-corrected chi connectivity index (χ3v) is 12.6. The van der Waals surface area contributed by atoms with E-state index in [0.717, 1.165) is 50.1 Å². The van der Waals surface area contributed by atoms with Crippen molar-refractivity contribution in [2.75, 3.05) is 4.90 Å². The summed E-state index contributed by atoms with van der Waals surface area (Å²) < 4.78 is 8.88. The highest BCUT2D eigenvalue weighted by Crippen LogP contribution is 2.52. The van der Waals surface area contributed by atoms with Crippen molar-refractivity contribution in [3.8, 4) is 33.4 Å². The van der Waals surface area contributed by atoms with Crippen LogP contribution in [0.3, 0.4) is 0 Å². The first kappa shape index (κ1) is 31.1. The monoisotopic (exact) mass is 709 g/mol. The predicted octanol–water partition coefficient (Wildman–Crippen LogP) is 15.1. The van der Waals surface area contributed by atoms with Crippen LogP contribution in [0.1, 0.15) is 25.0 Å². The normalized spacial score (nSPS) is 13.1. The molecule has 11 rings (SSSR count). The first-order valence-corrected chi connectivity index (χ1v) is 19.4. The van der Waals surface area contributed by atoms with Crippen molar-refractivity contribution < 1.29 is 4.42 Å². The molecule has 0 atom stereocenters. The molecule has 0 N–H and O–H groups in total. The lowest BCUT2D eigenvalue weighted by atomic mass is 9.82. The lowest BCUT2D eigenvalue weighted by Crippen LogP contribution is -2.16. The molecule has 2 aromatic heterocycles. The van der Waals surface area contributed by atoms with E-state index in [2.05, 4.69) is 183 Å². The molecule has 0 spiro atoms. The van der Waals surface area contributed by atoms with Gasteiger partial charge in [-0.15, -0.1) is 11.3 Å². The van der Waals surface area contributed by atoms with E-state index in [1.165, 1.54) is 53.6 Å². The second-order valence-electron chi connectivity index (χ2n) is 14.9. The van der Waals surface area contributed by atoms with Gasteiger partial charge in [-0.2, -0.15) is 0 Å². The predicted molar refractivity (Wildman–Crippen MR) is 230 cm³/mol. The zero-order chi connectivity index (χ0) is 36.0. The number of furan rings is 1. The lowest BCUT2D eigenvalue weighted by molar-refractivity contribution is 0.660. The fraction of sp³-hybridized carbons (Fsp3) is 0.0588. The third kappa shape index (κ3) is 4.65. The molecule has 0 unspecified atom stereocenters. The van der Waals surface area contributed by atoms with Crippen LogP contribution in [0.2, 0.25) is 0 Å². The molecule has 0 saturated carbocycles. The topological polar surface area (TPSA) is 16.4 Å². The van der Waals surface area contributed by atoms with E-state index >= 15 is 0 Å². The third-order valence-electron chi connectivity index (χ3n) is 11.5. The van der Waals surface area contributed by atoms with Gasteiger partial charge in [-0.05, 0) is 99.6 Å². The van der Waals surface area contributed by atoms with Gasteiger partial charge in [0.15, 0.2) is 0 Å². The number of thiophene rings is 1. The number of hydrogen-bond acceptors (Lipinski definition) is 3. The van der Waals surface area contributed by atoms with Gasteiger partial charge in [-0.25, -0.2) is 0 Å². The van der Waals surface area contributed by atoms with Crippen molar-refractivity contribution in [1.82, 2.24) is 0 Å². The first-order chi connectivity index (χ1) is 26.5. The molecule has 2 nitrogen and oxygen atoms in total. The van der Waals surface area contributed by atoms with Crippen molar-refractivity contribution >= 4 is 70.5 Å². The maximum atomic E-state index is 6.27. The quantitative estimate of drug-likeness (QED) is 0.177. The van der Waals surface area contributed by atoms with Gasteiger partial charge >= 0.3 is 0 Å². The Morgan fingerprint density at radius 2 is 1.09 bits per heavy atom. The van der Waals surface area contributed by atoms with E-state index in [4.69, 9.17) is 4.42 Å². The molecule has 10 aromatic rings. The van der Waals surface area contributed by atoms with E-state index in [9.17, 15) is 0 Å². The summed E-state index contributed by atoms with van der Waals surface area (Å²) in [6.45, 7) is 4.71. The van der Waals surface area contributed by atoms with Gasteiger partial charge in [-0.1, -0.05) is 129 Å². The fourth-order valence-electron chi connectivity index (χ4n) is 8.86. The standard InChI is InChI=1S/C51H35NOS/c1-51(2)43-17-7-3-12-36(43)37-29-27-35(31-44(37)51)52(34-25-22-32(23-26-34)33-24-28-40-39-14-5-9-19-46(39)53-47(40)30-33)45-18-8-4-13-38(45)41-16-11-21-49-50(41)42-15-6-10-20-48(42)54-49/h3-31H,1-2H3. The van der Waals surface area contributed by atoms with Gasteiger partial charge in [-0.3, -0.25) is 0 Å². The number of benzene rings is 8. The highest BCUT2D eigenvalue weighted by molar-refractivity contribution is 7.25. The largest absolute Gasteiger partial charge is 0.456 e. The molecule has 2 heterocycles. The Bertz CT molecular complexity index is 3090. The molecule has 0 aliphatic heterocycles. The molecule has 54 heavy (non-hydrogen) atoms. The van der Waals surface area contributed by atoms with Crippen molar-refractivity contribution in [3.05, 3.63) is 187 Å². The van der Waals surface area contributed by atoms with Crippen LogP contribution in [0.25, 0.3) is 75.5 Å². The van der Waals surface area contributed by atoms with Crippen molar-refractivity contribution in [3.63, 3.8) is 0 Å². The molecular formula is C51H35NOS. The van der Waals surface area contributed by atoms with Gasteiger partial charge in [0.2, 0.25) is 0 Å². The summed E-state index contributed by atoms with van der Waals surface area (Å²) in [5, 5.41) is 4.91. The fourth-order valence-corrected chi connectivity index (χ4v) is 9.99. The second kappa shape index (κ2) is 11.8. The van der Waals surface area contributed by atoms with Gasteiger partial charge in [0.05, 0.1) is 5.69 Å². The molecule has 3 heteroatoms. The Labute approximate surface area is 318 Å². The Kier molecular flexibility index (Phi) is 6.80. The minimum absolute atomic E-state index is 0.118. The number of anilines is 3. The summed E-state index contributed by atoms with van der Waals surface area (Å²) in [5.74, 6) is 0. The summed E-state index contributed by atoms with van der Waals surface area (Å²) in [5.41, 5.74) is 15.2. The molecule has 0 bridgehead atoms. The minimum atomic E-state index is -0.118. The highest BCUT2D eigenvalue weighted by Gasteiger charge is 2.36. The summed E-state index contributed by atoms with van der Waals surface area (Å²) >= 11 is 1.87. The summed E-state index contributed by atoms with van der Waals surface area (Å²) in [6.07, 6.45) is 0. The van der Waals surface area contributed by atoms with Crippen LogP contribution in [0.15, 0.2) is 180 Å². The number of rotatable bonds is 5. The molecule has 0 radical (unpaired) electrons. The summed E-state index contributed by atoms with van der Waals surface area (Å²) in [6, 6.07) is 64.2. The number of nitrogens with zero attached hydrogens (tertiary/aromatic N) is 1. The van der Waals surface area contributed by atoms with E-state index < -0.39 is 0 Å². The first-order valence-electron chi connectivity index (χ1n) is 18.6. The molecule has 1 aliphatic carbocycles. The molecule has 0 saturated heterocycles. The molecule has 0 fully saturated rings. The Morgan fingerprint density at radius 1 is 0.444 bits per heavy atom. The van der Waals surface area contributed by atoms with Crippen LogP contribution >= 0.6 is 11.3 Å². The maximum absolute atomic E-state index is 6.27. The van der Waals surface area contributed by atoms with Gasteiger partial charge in [0, 0.05) is 53.3 Å². The SMILES string of the molecule is CC1(C)c2ccccc2-c2ccc(N(c3ccc(-c4ccc5c(c4)oc4ccccc45)cc3)c3ccccc3-c3cccc4sc5ccccc5c34)cc21. The Balaban J connectivity index is 1.09. The van der Waals surface area contributed by atoms with Gasteiger partial charge in [0.25, 0.3) is 0 Å². The number of para-hydroxylation sites is 2. The Hall–Kier alpha value is -6.42. The van der Waals surface area contributed by atoms with Gasteiger partial charge < -0.3 is 9.32 Å². The average molecular weight is 710 g/mol. The van der Waals surface area contributed by atoms with Crippen LogP contribution < -0.4 is 4.90 Å². The summed E-state index contributed by atoms with van der Waals surface area (Å²) in [4.78, 5) is 2.45. The van der Waals surface area contributed by atoms with E-state index in [0.29, 0.717) is 0 Å². The van der Waals surface area contributed by atoms with E-state index in [1.54, 1.807) is 0 Å². The van der Waals surface area contributed by atoms with Crippen molar-refractivity contribution in [2.45, 2.75) is 19.3 Å². The average Bonchev–Trinajstić information content (AvgIpc) is 3.86. The molecular weight excluding hydrogens is 675 g/mol. The zero-order valence-corrected chi connectivity index (χ0v) is 30.8. The maximum Gasteiger partial charge on any atom is 0.136 e. The number of hydrogen-bond donors (Lipinski definition) is 0. The van der Waals surface area contributed by atoms with Gasteiger partial charge in [0.1, 0.15) is 11.2 Å². The van der Waals surface area contributed by atoms with Crippen molar-refractivity contribution in [2.24, 2.45) is 0 Å².